The van der Waals surface area contributed by atoms with Crippen LogP contribution in [-0.2, 0) is 4.79 Å². The molecule has 0 atom stereocenters. The summed E-state index contributed by atoms with van der Waals surface area (Å²) in [7, 11) is 0. The molecule has 0 heterocycles. The molecule has 1 saturated carbocycles. The molecular weight excluding hydrogens is 208 g/mol. The van der Waals surface area contributed by atoms with E-state index in [1.165, 1.54) is 32.1 Å². The first-order chi connectivity index (χ1) is 7.18. The molecule has 0 spiro atoms. The van der Waals surface area contributed by atoms with E-state index >= 15 is 0 Å². The molecule has 1 aliphatic rings. The summed E-state index contributed by atoms with van der Waals surface area (Å²) >= 11 is 4.66. The monoisotopic (exact) mass is 228 g/mol. The van der Waals surface area contributed by atoms with Crippen molar-refractivity contribution in [2.75, 3.05) is 6.54 Å². The van der Waals surface area contributed by atoms with Gasteiger partial charge >= 0.3 is 0 Å². The van der Waals surface area contributed by atoms with Gasteiger partial charge in [-0.3, -0.25) is 4.79 Å². The van der Waals surface area contributed by atoms with Gasteiger partial charge in [0.25, 0.3) is 0 Å². The largest absolute Gasteiger partial charge is 0.393 e. The molecule has 0 aliphatic heterocycles. The molecule has 1 rings (SSSR count). The van der Waals surface area contributed by atoms with E-state index in [2.05, 4.69) is 17.5 Å². The highest BCUT2D eigenvalue weighted by Crippen LogP contribution is 2.25. The summed E-state index contributed by atoms with van der Waals surface area (Å²) in [4.78, 5) is 11.5. The van der Waals surface area contributed by atoms with Crippen molar-refractivity contribution in [2.45, 2.75) is 44.9 Å². The van der Waals surface area contributed by atoms with Crippen molar-refractivity contribution < 1.29 is 4.79 Å². The van der Waals surface area contributed by atoms with Crippen LogP contribution in [-0.4, -0.2) is 17.4 Å². The summed E-state index contributed by atoms with van der Waals surface area (Å²) in [6, 6.07) is 0. The normalized spacial score (nSPS) is 17.3. The summed E-state index contributed by atoms with van der Waals surface area (Å²) in [5, 5.41) is 2.85. The number of carbonyl (C=O) groups is 1. The quantitative estimate of drug-likeness (QED) is 0.705. The molecule has 0 unspecified atom stereocenters. The molecule has 1 aliphatic carbocycles. The fraction of sp³-hybridized carbons (Fsp3) is 0.818. The molecule has 0 aromatic carbocycles. The third-order valence-electron chi connectivity index (χ3n) is 2.93. The second-order valence-electron chi connectivity index (χ2n) is 4.29. The third kappa shape index (κ3) is 5.72. The molecule has 3 nitrogen and oxygen atoms in total. The fourth-order valence-corrected chi connectivity index (χ4v) is 2.24. The van der Waals surface area contributed by atoms with E-state index in [9.17, 15) is 4.79 Å². The maximum absolute atomic E-state index is 11.2. The SMILES string of the molecule is NC(=S)CC(=O)NCCC1CCCCC1. The highest BCUT2D eigenvalue weighted by atomic mass is 32.1. The molecule has 0 aromatic rings. The maximum Gasteiger partial charge on any atom is 0.226 e. The van der Waals surface area contributed by atoms with Gasteiger partial charge in [0.15, 0.2) is 0 Å². The molecular formula is C11H20N2OS. The predicted molar refractivity (Wildman–Crippen MR) is 65.6 cm³/mol. The minimum Gasteiger partial charge on any atom is -0.393 e. The summed E-state index contributed by atoms with van der Waals surface area (Å²) in [6.07, 6.45) is 8.01. The van der Waals surface area contributed by atoms with Gasteiger partial charge in [0.2, 0.25) is 5.91 Å². The lowest BCUT2D eigenvalue weighted by Gasteiger charge is -2.21. The minimum atomic E-state index is -0.0432. The van der Waals surface area contributed by atoms with Gasteiger partial charge in [0, 0.05) is 6.54 Å². The molecule has 15 heavy (non-hydrogen) atoms. The average molecular weight is 228 g/mol. The highest BCUT2D eigenvalue weighted by molar-refractivity contribution is 7.80. The number of nitrogens with two attached hydrogens (primary N) is 1. The van der Waals surface area contributed by atoms with Crippen molar-refractivity contribution in [1.82, 2.24) is 5.32 Å². The van der Waals surface area contributed by atoms with Crippen molar-refractivity contribution in [3.05, 3.63) is 0 Å². The smallest absolute Gasteiger partial charge is 0.226 e. The van der Waals surface area contributed by atoms with Crippen LogP contribution in [0.25, 0.3) is 0 Å². The van der Waals surface area contributed by atoms with Gasteiger partial charge in [0.1, 0.15) is 0 Å². The van der Waals surface area contributed by atoms with Crippen molar-refractivity contribution in [1.29, 1.82) is 0 Å². The molecule has 1 fully saturated rings. The van der Waals surface area contributed by atoms with Crippen LogP contribution in [0.15, 0.2) is 0 Å². The Labute approximate surface area is 96.8 Å². The van der Waals surface area contributed by atoms with E-state index in [-0.39, 0.29) is 17.3 Å². The number of thiocarbonyl (C=S) groups is 1. The van der Waals surface area contributed by atoms with Crippen molar-refractivity contribution >= 4 is 23.1 Å². The lowest BCUT2D eigenvalue weighted by atomic mass is 9.87. The van der Waals surface area contributed by atoms with Crippen LogP contribution in [0.1, 0.15) is 44.9 Å². The summed E-state index contributed by atoms with van der Waals surface area (Å²) < 4.78 is 0. The predicted octanol–water partition coefficient (Wildman–Crippen LogP) is 1.75. The topological polar surface area (TPSA) is 55.1 Å². The highest BCUT2D eigenvalue weighted by Gasteiger charge is 2.13. The first kappa shape index (κ1) is 12.4. The van der Waals surface area contributed by atoms with Gasteiger partial charge in [-0.25, -0.2) is 0 Å². The fourth-order valence-electron chi connectivity index (χ4n) is 2.11. The van der Waals surface area contributed by atoms with Gasteiger partial charge < -0.3 is 11.1 Å². The number of hydrogen-bond acceptors (Lipinski definition) is 2. The molecule has 86 valence electrons. The van der Waals surface area contributed by atoms with E-state index in [1.54, 1.807) is 0 Å². The zero-order valence-electron chi connectivity index (χ0n) is 9.13. The maximum atomic E-state index is 11.2. The Morgan fingerprint density at radius 3 is 2.60 bits per heavy atom. The number of carbonyl (C=O) groups excluding carboxylic acids is 1. The molecule has 3 N–H and O–H groups in total. The lowest BCUT2D eigenvalue weighted by molar-refractivity contribution is -0.119. The van der Waals surface area contributed by atoms with E-state index < -0.39 is 0 Å². The molecule has 1 amide bonds. The summed E-state index contributed by atoms with van der Waals surface area (Å²) in [6.45, 7) is 0.770. The van der Waals surface area contributed by atoms with E-state index in [1.807, 2.05) is 0 Å². The minimum absolute atomic E-state index is 0.0432. The Kier molecular flexibility index (Phi) is 5.61. The van der Waals surface area contributed by atoms with Gasteiger partial charge in [-0.05, 0) is 12.3 Å². The Morgan fingerprint density at radius 1 is 1.33 bits per heavy atom. The van der Waals surface area contributed by atoms with Gasteiger partial charge in [0.05, 0.1) is 11.4 Å². The van der Waals surface area contributed by atoms with Gasteiger partial charge in [-0.1, -0.05) is 44.3 Å². The van der Waals surface area contributed by atoms with E-state index in [4.69, 9.17) is 5.73 Å². The molecule has 0 aromatic heterocycles. The summed E-state index contributed by atoms with van der Waals surface area (Å²) in [5.41, 5.74) is 5.28. The van der Waals surface area contributed by atoms with Crippen molar-refractivity contribution in [3.8, 4) is 0 Å². The molecule has 0 radical (unpaired) electrons. The number of hydrogen-bond donors (Lipinski definition) is 2. The van der Waals surface area contributed by atoms with Crippen LogP contribution >= 0.6 is 12.2 Å². The molecule has 0 saturated heterocycles. The van der Waals surface area contributed by atoms with Crippen LogP contribution in [0.2, 0.25) is 0 Å². The number of amides is 1. The zero-order chi connectivity index (χ0) is 11.1. The Bertz CT molecular complexity index is 225. The standard InChI is InChI=1S/C11H20N2OS/c12-10(15)8-11(14)13-7-6-9-4-2-1-3-5-9/h9H,1-8H2,(H2,12,15)(H,13,14). The number of rotatable bonds is 5. The van der Waals surface area contributed by atoms with Crippen molar-refractivity contribution in [2.24, 2.45) is 11.7 Å². The van der Waals surface area contributed by atoms with Gasteiger partial charge in [-0.15, -0.1) is 0 Å². The first-order valence-corrected chi connectivity index (χ1v) is 6.14. The molecule has 0 bridgehead atoms. The van der Waals surface area contributed by atoms with Crippen molar-refractivity contribution in [3.63, 3.8) is 0 Å². The zero-order valence-corrected chi connectivity index (χ0v) is 9.94. The second kappa shape index (κ2) is 6.77. The lowest BCUT2D eigenvalue weighted by Crippen LogP contribution is -2.29. The van der Waals surface area contributed by atoms with E-state index in [0.29, 0.717) is 0 Å². The van der Waals surface area contributed by atoms with Crippen LogP contribution in [0.3, 0.4) is 0 Å². The van der Waals surface area contributed by atoms with Crippen LogP contribution < -0.4 is 11.1 Å². The van der Waals surface area contributed by atoms with E-state index in [0.717, 1.165) is 18.9 Å². The van der Waals surface area contributed by atoms with Crippen LogP contribution in [0, 0.1) is 5.92 Å². The summed E-state index contributed by atoms with van der Waals surface area (Å²) in [5.74, 6) is 0.766. The average Bonchev–Trinajstić information content (AvgIpc) is 2.18. The third-order valence-corrected chi connectivity index (χ3v) is 3.08. The second-order valence-corrected chi connectivity index (χ2v) is 4.81. The number of nitrogens with one attached hydrogen (secondary N) is 1. The Hall–Kier alpha value is -0.640. The molecule has 4 heteroatoms. The Balaban J connectivity index is 2.04. The van der Waals surface area contributed by atoms with Crippen LogP contribution in [0.4, 0.5) is 0 Å². The van der Waals surface area contributed by atoms with Gasteiger partial charge in [-0.2, -0.15) is 0 Å². The van der Waals surface area contributed by atoms with Crippen LogP contribution in [0.5, 0.6) is 0 Å². The Morgan fingerprint density at radius 2 is 2.00 bits per heavy atom. The first-order valence-electron chi connectivity index (χ1n) is 5.73.